The number of hydrogen-bond acceptors (Lipinski definition) is 7. The highest BCUT2D eigenvalue weighted by atomic mass is 28.5. The van der Waals surface area contributed by atoms with E-state index in [1.54, 1.807) is 13.5 Å². The van der Waals surface area contributed by atoms with Crippen molar-refractivity contribution in [3.05, 3.63) is 70.8 Å². The van der Waals surface area contributed by atoms with Crippen LogP contribution in [0.4, 0.5) is 13.2 Å². The first-order valence-corrected chi connectivity index (χ1v) is 23.3. The van der Waals surface area contributed by atoms with Gasteiger partial charge in [0.05, 0.1) is 39.1 Å². The van der Waals surface area contributed by atoms with Gasteiger partial charge in [-0.2, -0.15) is 13.2 Å². The highest BCUT2D eigenvalue weighted by Gasteiger charge is 2.47. The van der Waals surface area contributed by atoms with Crippen LogP contribution in [0.1, 0.15) is 49.4 Å². The molecule has 0 bridgehead atoms. The molecular weight excluding hydrogens is 626 g/mol. The number of rotatable bonds is 20. The van der Waals surface area contributed by atoms with Gasteiger partial charge in [0.1, 0.15) is 0 Å². The van der Waals surface area contributed by atoms with E-state index in [0.717, 1.165) is 22.3 Å². The van der Waals surface area contributed by atoms with Gasteiger partial charge in [-0.3, -0.25) is 0 Å². The molecule has 0 aromatic heterocycles. The molecule has 44 heavy (non-hydrogen) atoms. The van der Waals surface area contributed by atoms with Crippen molar-refractivity contribution in [2.75, 3.05) is 13.2 Å². The van der Waals surface area contributed by atoms with E-state index in [4.69, 9.17) is 26.6 Å². The maximum atomic E-state index is 13.3. The first kappa shape index (κ1) is 38.8. The summed E-state index contributed by atoms with van der Waals surface area (Å²) in [4.78, 5) is 0. The van der Waals surface area contributed by atoms with E-state index in [0.29, 0.717) is 25.7 Å². The van der Waals surface area contributed by atoms with Crippen LogP contribution in [0.5, 0.6) is 0 Å². The molecule has 0 spiro atoms. The molecule has 0 saturated heterocycles. The number of hydrogen-bond donors (Lipinski definition) is 1. The third kappa shape index (κ3) is 16.8. The zero-order chi connectivity index (χ0) is 33.0. The molecule has 13 heteroatoms. The summed E-state index contributed by atoms with van der Waals surface area (Å²) < 4.78 is 76.4. The van der Waals surface area contributed by atoms with Crippen molar-refractivity contribution in [2.45, 2.75) is 105 Å². The number of aliphatic hydroxyl groups is 1. The summed E-state index contributed by atoms with van der Waals surface area (Å²) in [7, 11) is -9.17. The van der Waals surface area contributed by atoms with Gasteiger partial charge in [0.25, 0.3) is 0 Å². The first-order chi connectivity index (χ1) is 20.4. The normalized spacial score (nSPS) is 15.0. The average molecular weight is 677 g/mol. The second-order valence-corrected chi connectivity index (χ2v) is 23.3. The fraction of sp³-hybridized carbons (Fsp3) is 0.613. The summed E-state index contributed by atoms with van der Waals surface area (Å²) in [5, 5.41) is 9.33. The minimum atomic E-state index is -4.33. The Balaban J connectivity index is 2.00. The fourth-order valence-electron chi connectivity index (χ4n) is 4.33. The van der Waals surface area contributed by atoms with Gasteiger partial charge in [0.2, 0.25) is 0 Å². The molecule has 0 saturated carbocycles. The summed E-state index contributed by atoms with van der Waals surface area (Å²) in [5.74, 6) is 0.468. The Labute approximate surface area is 264 Å². The van der Waals surface area contributed by atoms with Crippen molar-refractivity contribution in [2.24, 2.45) is 5.92 Å². The second-order valence-electron chi connectivity index (χ2n) is 12.7. The molecule has 2 aromatic carbocycles. The molecule has 2 rings (SSSR count). The van der Waals surface area contributed by atoms with Crippen LogP contribution in [0.15, 0.2) is 48.5 Å². The van der Waals surface area contributed by atoms with Gasteiger partial charge >= 0.3 is 31.9 Å². The molecule has 0 aliphatic rings. The molecule has 2 aromatic rings. The summed E-state index contributed by atoms with van der Waals surface area (Å²) >= 11 is 0. The smallest absolute Gasteiger partial charge is 0.389 e. The summed E-state index contributed by atoms with van der Waals surface area (Å²) in [6, 6.07) is 15.3. The van der Waals surface area contributed by atoms with Crippen molar-refractivity contribution >= 4 is 25.7 Å². The van der Waals surface area contributed by atoms with Crippen LogP contribution < -0.4 is 0 Å². The van der Waals surface area contributed by atoms with Gasteiger partial charge in [-0.25, -0.2) is 0 Å². The average Bonchev–Trinajstić information content (AvgIpc) is 2.90. The highest BCUT2D eigenvalue weighted by Crippen LogP contribution is 2.32. The predicted molar refractivity (Wildman–Crippen MR) is 173 cm³/mol. The lowest BCUT2D eigenvalue weighted by Gasteiger charge is -2.40. The van der Waals surface area contributed by atoms with E-state index in [9.17, 15) is 18.3 Å². The van der Waals surface area contributed by atoms with Crippen LogP contribution >= 0.6 is 0 Å². The van der Waals surface area contributed by atoms with E-state index in [2.05, 4.69) is 13.8 Å². The van der Waals surface area contributed by atoms with Gasteiger partial charge in [0, 0.05) is 13.0 Å². The number of alkyl halides is 3. The number of halogens is 3. The lowest BCUT2D eigenvalue weighted by Crippen LogP contribution is -2.56. The quantitative estimate of drug-likeness (QED) is 0.143. The molecule has 1 N–H and O–H groups in total. The molecule has 0 radical (unpaired) electrons. The van der Waals surface area contributed by atoms with Gasteiger partial charge in [-0.15, -0.1) is 0 Å². The second kappa shape index (κ2) is 17.5. The molecule has 0 fully saturated rings. The molecule has 2 unspecified atom stereocenters. The minimum Gasteiger partial charge on any atom is -0.415 e. The largest absolute Gasteiger partial charge is 0.415 e. The van der Waals surface area contributed by atoms with Gasteiger partial charge in [-0.1, -0.05) is 62.4 Å². The standard InChI is InChI=1S/C31H51F3O7Si3/c1-25(2)19-36-21-27-9-13-29(14-10-27)23-38-42(4,5)40-44(8,18-17-31(32,33)34)41-43(6,7)39-24-30-15-11-28(12-16-30)22-37-20-26(3)35/h9-16,25-26,35H,17-24H2,1-8H3. The highest BCUT2D eigenvalue weighted by molar-refractivity contribution is 6.85. The number of ether oxygens (including phenoxy) is 2. The van der Waals surface area contributed by atoms with Crippen LogP contribution in [0.2, 0.25) is 38.8 Å². The van der Waals surface area contributed by atoms with E-state index in [1.807, 2.05) is 74.7 Å². The van der Waals surface area contributed by atoms with Crippen LogP contribution in [0.25, 0.3) is 0 Å². The molecule has 0 amide bonds. The Hall–Kier alpha value is -1.40. The SMILES string of the molecule is CC(C)COCc1ccc(CO[Si](C)(C)O[Si](C)(CCC(F)(F)F)O[Si](C)(C)OCc2ccc(COCC(C)O)cc2)cc1. The van der Waals surface area contributed by atoms with Crippen molar-refractivity contribution < 1.29 is 44.8 Å². The molecule has 0 aliphatic heterocycles. The Kier molecular flexibility index (Phi) is 15.4. The predicted octanol–water partition coefficient (Wildman–Crippen LogP) is 7.95. The monoisotopic (exact) mass is 676 g/mol. The van der Waals surface area contributed by atoms with Crippen LogP contribution in [0, 0.1) is 5.92 Å². The molecule has 250 valence electrons. The Morgan fingerprint density at radius 2 is 1.00 bits per heavy atom. The van der Waals surface area contributed by atoms with E-state index < -0.39 is 44.4 Å². The first-order valence-electron chi connectivity index (χ1n) is 15.1. The molecule has 0 heterocycles. The summed E-state index contributed by atoms with van der Waals surface area (Å²) in [6.07, 6.45) is -5.85. The van der Waals surface area contributed by atoms with Gasteiger partial charge in [0.15, 0.2) is 0 Å². The summed E-state index contributed by atoms with van der Waals surface area (Å²) in [6.45, 7) is 17.3. The Morgan fingerprint density at radius 1 is 0.636 bits per heavy atom. The zero-order valence-corrected chi connectivity index (χ0v) is 30.5. The Morgan fingerprint density at radius 3 is 1.34 bits per heavy atom. The third-order valence-corrected chi connectivity index (χ3v) is 16.6. The van der Waals surface area contributed by atoms with Crippen LogP contribution in [-0.2, 0) is 53.0 Å². The number of aliphatic hydroxyl groups excluding tert-OH is 1. The van der Waals surface area contributed by atoms with Crippen molar-refractivity contribution in [3.63, 3.8) is 0 Å². The topological polar surface area (TPSA) is 75.6 Å². The molecular formula is C31H51F3O7Si3. The van der Waals surface area contributed by atoms with Crippen molar-refractivity contribution in [1.82, 2.24) is 0 Å². The van der Waals surface area contributed by atoms with E-state index in [1.165, 1.54) is 0 Å². The van der Waals surface area contributed by atoms with Crippen molar-refractivity contribution in [1.29, 1.82) is 0 Å². The molecule has 0 aliphatic carbocycles. The lowest BCUT2D eigenvalue weighted by molar-refractivity contribution is -0.131. The maximum Gasteiger partial charge on any atom is 0.389 e. The third-order valence-electron chi connectivity index (χ3n) is 6.35. The van der Waals surface area contributed by atoms with Crippen molar-refractivity contribution in [3.8, 4) is 0 Å². The van der Waals surface area contributed by atoms with E-state index in [-0.39, 0.29) is 25.9 Å². The lowest BCUT2D eigenvalue weighted by atomic mass is 10.1. The van der Waals surface area contributed by atoms with Crippen LogP contribution in [-0.4, -0.2) is 56.3 Å². The maximum absolute atomic E-state index is 13.3. The van der Waals surface area contributed by atoms with Gasteiger partial charge < -0.3 is 31.7 Å². The fourth-order valence-corrected chi connectivity index (χ4v) is 16.2. The molecule has 2 atom stereocenters. The Bertz CT molecular complexity index is 1020. The van der Waals surface area contributed by atoms with E-state index >= 15 is 0 Å². The zero-order valence-electron chi connectivity index (χ0n) is 27.5. The summed E-state index contributed by atoms with van der Waals surface area (Å²) in [5.41, 5.74) is 3.87. The molecule has 7 nitrogen and oxygen atoms in total. The van der Waals surface area contributed by atoms with Gasteiger partial charge in [-0.05, 0) is 73.9 Å². The number of benzene rings is 2. The minimum absolute atomic E-state index is 0.248. The van der Waals surface area contributed by atoms with Crippen LogP contribution in [0.3, 0.4) is 0 Å².